The zero-order chi connectivity index (χ0) is 13.9. The van der Waals surface area contributed by atoms with Crippen LogP contribution >= 0.6 is 0 Å². The summed E-state index contributed by atoms with van der Waals surface area (Å²) in [4.78, 5) is 0. The molecule has 98 valence electrons. The molecule has 3 rings (SSSR count). The van der Waals surface area contributed by atoms with Gasteiger partial charge in [-0.15, -0.1) is 0 Å². The van der Waals surface area contributed by atoms with E-state index < -0.39 is 0 Å². The highest BCUT2D eigenvalue weighted by Crippen LogP contribution is 2.26. The number of benzene rings is 3. The molecule has 0 aliphatic heterocycles. The van der Waals surface area contributed by atoms with Gasteiger partial charge in [0.05, 0.1) is 0 Å². The van der Waals surface area contributed by atoms with Crippen molar-refractivity contribution in [1.29, 1.82) is 0 Å². The van der Waals surface area contributed by atoms with Gasteiger partial charge in [-0.3, -0.25) is 0 Å². The lowest BCUT2D eigenvalue weighted by Gasteiger charge is -2.06. The quantitative estimate of drug-likeness (QED) is 0.590. The second kappa shape index (κ2) is 5.25. The molecular weight excluding hydrogens is 254 g/mol. The second-order valence-corrected chi connectivity index (χ2v) is 4.57. The van der Waals surface area contributed by atoms with Gasteiger partial charge in [0.2, 0.25) is 0 Å². The Balaban J connectivity index is 1.98. The van der Waals surface area contributed by atoms with Crippen molar-refractivity contribution in [3.63, 3.8) is 0 Å². The summed E-state index contributed by atoms with van der Waals surface area (Å²) in [6.07, 6.45) is 0. The molecule has 0 saturated carbocycles. The van der Waals surface area contributed by atoms with Gasteiger partial charge in [0, 0.05) is 5.56 Å². The number of rotatable bonds is 2. The molecule has 0 aliphatic carbocycles. The Kier molecular flexibility index (Phi) is 3.30. The van der Waals surface area contributed by atoms with Crippen LogP contribution < -0.4 is 0 Å². The molecule has 0 aliphatic rings. The van der Waals surface area contributed by atoms with Gasteiger partial charge in [-0.05, 0) is 34.9 Å². The lowest BCUT2D eigenvalue weighted by Crippen LogP contribution is -1.84. The van der Waals surface area contributed by atoms with E-state index in [9.17, 15) is 8.78 Å². The maximum Gasteiger partial charge on any atom is 0.131 e. The van der Waals surface area contributed by atoms with Crippen molar-refractivity contribution >= 4 is 0 Å². The van der Waals surface area contributed by atoms with Crippen LogP contribution in [0.5, 0.6) is 0 Å². The van der Waals surface area contributed by atoms with Crippen LogP contribution in [0.4, 0.5) is 8.78 Å². The average Bonchev–Trinajstić information content (AvgIpc) is 2.48. The van der Waals surface area contributed by atoms with E-state index in [0.717, 1.165) is 16.7 Å². The monoisotopic (exact) mass is 266 g/mol. The lowest BCUT2D eigenvalue weighted by molar-refractivity contribution is 0.628. The number of halogens is 2. The second-order valence-electron chi connectivity index (χ2n) is 4.57. The SMILES string of the molecule is Fc1cccc(-c2ccc(-c3ccccc3F)cc2)c1. The summed E-state index contributed by atoms with van der Waals surface area (Å²) in [5, 5.41) is 0. The summed E-state index contributed by atoms with van der Waals surface area (Å²) in [5.41, 5.74) is 3.09. The molecule has 0 radical (unpaired) electrons. The normalized spacial score (nSPS) is 10.5. The molecule has 0 heterocycles. The fraction of sp³-hybridized carbons (Fsp3) is 0. The van der Waals surface area contributed by atoms with Crippen molar-refractivity contribution in [2.75, 3.05) is 0 Å². The van der Waals surface area contributed by atoms with E-state index in [1.54, 1.807) is 24.3 Å². The highest BCUT2D eigenvalue weighted by atomic mass is 19.1. The summed E-state index contributed by atoms with van der Waals surface area (Å²) in [6, 6.07) is 20.5. The van der Waals surface area contributed by atoms with Crippen molar-refractivity contribution in [3.8, 4) is 22.3 Å². The largest absolute Gasteiger partial charge is 0.207 e. The summed E-state index contributed by atoms with van der Waals surface area (Å²) in [7, 11) is 0. The topological polar surface area (TPSA) is 0 Å². The Bertz CT molecular complexity index is 730. The van der Waals surface area contributed by atoms with Crippen molar-refractivity contribution < 1.29 is 8.78 Å². The van der Waals surface area contributed by atoms with Crippen molar-refractivity contribution in [2.45, 2.75) is 0 Å². The molecule has 0 N–H and O–H groups in total. The lowest BCUT2D eigenvalue weighted by atomic mass is 10.00. The smallest absolute Gasteiger partial charge is 0.131 e. The van der Waals surface area contributed by atoms with Crippen LogP contribution in [0.2, 0.25) is 0 Å². The minimum absolute atomic E-state index is 0.244. The summed E-state index contributed by atoms with van der Waals surface area (Å²) in [5.74, 6) is -0.508. The molecule has 0 bridgehead atoms. The first-order valence-corrected chi connectivity index (χ1v) is 6.35. The highest BCUT2D eigenvalue weighted by molar-refractivity contribution is 5.70. The van der Waals surface area contributed by atoms with E-state index in [-0.39, 0.29) is 11.6 Å². The minimum atomic E-state index is -0.263. The van der Waals surface area contributed by atoms with Crippen molar-refractivity contribution in [1.82, 2.24) is 0 Å². The summed E-state index contributed by atoms with van der Waals surface area (Å²) in [6.45, 7) is 0. The first-order chi connectivity index (χ1) is 9.74. The van der Waals surface area contributed by atoms with E-state index in [1.807, 2.05) is 30.3 Å². The van der Waals surface area contributed by atoms with Crippen LogP contribution in [0.3, 0.4) is 0 Å². The predicted octanol–water partition coefficient (Wildman–Crippen LogP) is 5.30. The molecule has 20 heavy (non-hydrogen) atoms. The third-order valence-electron chi connectivity index (χ3n) is 3.23. The fourth-order valence-corrected chi connectivity index (χ4v) is 2.21. The molecule has 0 unspecified atom stereocenters. The Hall–Kier alpha value is -2.48. The number of hydrogen-bond donors (Lipinski definition) is 0. The Labute approximate surface area is 116 Å². The van der Waals surface area contributed by atoms with E-state index in [2.05, 4.69) is 0 Å². The molecule has 0 saturated heterocycles. The van der Waals surface area contributed by atoms with Gasteiger partial charge >= 0.3 is 0 Å². The third kappa shape index (κ3) is 2.45. The molecule has 0 fully saturated rings. The van der Waals surface area contributed by atoms with Gasteiger partial charge < -0.3 is 0 Å². The van der Waals surface area contributed by atoms with E-state index in [1.165, 1.54) is 18.2 Å². The standard InChI is InChI=1S/C18H12F2/c19-16-5-3-4-15(12-16)13-8-10-14(11-9-13)17-6-1-2-7-18(17)20/h1-12H. The molecule has 3 aromatic rings. The van der Waals surface area contributed by atoms with Crippen LogP contribution in [-0.2, 0) is 0 Å². The summed E-state index contributed by atoms with van der Waals surface area (Å²) >= 11 is 0. The molecular formula is C18H12F2. The molecule has 0 spiro atoms. The molecule has 0 nitrogen and oxygen atoms in total. The van der Waals surface area contributed by atoms with E-state index in [4.69, 9.17) is 0 Å². The number of hydrogen-bond acceptors (Lipinski definition) is 0. The molecule has 0 amide bonds. The van der Waals surface area contributed by atoms with Crippen LogP contribution in [0.15, 0.2) is 72.8 Å². The molecule has 3 aromatic carbocycles. The van der Waals surface area contributed by atoms with Crippen molar-refractivity contribution in [2.24, 2.45) is 0 Å². The third-order valence-corrected chi connectivity index (χ3v) is 3.23. The van der Waals surface area contributed by atoms with Crippen LogP contribution in [-0.4, -0.2) is 0 Å². The van der Waals surface area contributed by atoms with Crippen molar-refractivity contribution in [3.05, 3.63) is 84.4 Å². The summed E-state index contributed by atoms with van der Waals surface area (Å²) < 4.78 is 26.9. The van der Waals surface area contributed by atoms with Gasteiger partial charge in [0.25, 0.3) is 0 Å². The van der Waals surface area contributed by atoms with Crippen LogP contribution in [0.1, 0.15) is 0 Å². The molecule has 2 heteroatoms. The van der Waals surface area contributed by atoms with E-state index in [0.29, 0.717) is 5.56 Å². The Morgan fingerprint density at radius 1 is 0.550 bits per heavy atom. The average molecular weight is 266 g/mol. The maximum absolute atomic E-state index is 13.7. The first kappa shape index (κ1) is 12.5. The van der Waals surface area contributed by atoms with Gasteiger partial charge in [-0.2, -0.15) is 0 Å². The van der Waals surface area contributed by atoms with Gasteiger partial charge in [-0.1, -0.05) is 54.6 Å². The highest BCUT2D eigenvalue weighted by Gasteiger charge is 2.04. The first-order valence-electron chi connectivity index (χ1n) is 6.35. The van der Waals surface area contributed by atoms with Crippen LogP contribution in [0.25, 0.3) is 22.3 Å². The van der Waals surface area contributed by atoms with Crippen LogP contribution in [0, 0.1) is 11.6 Å². The van der Waals surface area contributed by atoms with E-state index >= 15 is 0 Å². The maximum atomic E-state index is 13.7. The molecule has 0 atom stereocenters. The zero-order valence-corrected chi connectivity index (χ0v) is 10.7. The Morgan fingerprint density at radius 3 is 1.95 bits per heavy atom. The Morgan fingerprint density at radius 2 is 1.25 bits per heavy atom. The van der Waals surface area contributed by atoms with Gasteiger partial charge in [0.15, 0.2) is 0 Å². The molecule has 0 aromatic heterocycles. The predicted molar refractivity (Wildman–Crippen MR) is 77.2 cm³/mol. The minimum Gasteiger partial charge on any atom is -0.207 e. The fourth-order valence-electron chi connectivity index (χ4n) is 2.21. The van der Waals surface area contributed by atoms with Gasteiger partial charge in [-0.25, -0.2) is 8.78 Å². The zero-order valence-electron chi connectivity index (χ0n) is 10.7. The van der Waals surface area contributed by atoms with Gasteiger partial charge in [0.1, 0.15) is 11.6 Å².